The van der Waals surface area contributed by atoms with E-state index in [2.05, 4.69) is 16.9 Å². The number of fused-ring (bicyclic) bond motifs is 2. The first kappa shape index (κ1) is 13.7. The smallest absolute Gasteiger partial charge is 0.167 e. The first-order valence-electron chi connectivity index (χ1n) is 7.76. The second-order valence-corrected chi connectivity index (χ2v) is 6.52. The first-order valence-corrected chi connectivity index (χ1v) is 7.76. The molecule has 1 aromatic heterocycles. The molecular weight excluding hydrogens is 248 g/mol. The summed E-state index contributed by atoms with van der Waals surface area (Å²) in [5.41, 5.74) is 2.71. The minimum atomic E-state index is 0.199. The highest BCUT2D eigenvalue weighted by Gasteiger charge is 2.39. The average molecular weight is 272 g/mol. The third-order valence-corrected chi connectivity index (χ3v) is 5.20. The predicted molar refractivity (Wildman–Crippen MR) is 80.0 cm³/mol. The van der Waals surface area contributed by atoms with E-state index in [1.807, 2.05) is 26.0 Å². The Hall–Kier alpha value is -1.22. The molecule has 2 aliphatic heterocycles. The highest BCUT2D eigenvalue weighted by Crippen LogP contribution is 2.37. The fourth-order valence-corrected chi connectivity index (χ4v) is 4.00. The van der Waals surface area contributed by atoms with Crippen LogP contribution in [0.1, 0.15) is 53.8 Å². The topological polar surface area (TPSA) is 33.2 Å². The van der Waals surface area contributed by atoms with Gasteiger partial charge in [-0.3, -0.25) is 9.78 Å². The molecule has 2 unspecified atom stereocenters. The van der Waals surface area contributed by atoms with Crippen molar-refractivity contribution in [1.82, 2.24) is 9.88 Å². The van der Waals surface area contributed by atoms with Crippen LogP contribution in [0, 0.1) is 19.8 Å². The lowest BCUT2D eigenvalue weighted by Gasteiger charge is -2.46. The molecule has 0 N–H and O–H groups in total. The summed E-state index contributed by atoms with van der Waals surface area (Å²) < 4.78 is 0. The van der Waals surface area contributed by atoms with Crippen LogP contribution in [0.25, 0.3) is 0 Å². The summed E-state index contributed by atoms with van der Waals surface area (Å²) in [6, 6.07) is 5.13. The van der Waals surface area contributed by atoms with Gasteiger partial charge in [-0.25, -0.2) is 0 Å². The fraction of sp³-hybridized carbons (Fsp3) is 0.647. The van der Waals surface area contributed by atoms with Crippen molar-refractivity contribution in [2.45, 2.75) is 58.0 Å². The molecule has 0 aromatic carbocycles. The Morgan fingerprint density at radius 3 is 2.45 bits per heavy atom. The van der Waals surface area contributed by atoms with Crippen LogP contribution >= 0.6 is 0 Å². The van der Waals surface area contributed by atoms with Gasteiger partial charge in [0, 0.05) is 35.0 Å². The Balaban J connectivity index is 1.81. The van der Waals surface area contributed by atoms with Crippen molar-refractivity contribution in [3.63, 3.8) is 0 Å². The Labute approximate surface area is 121 Å². The Morgan fingerprint density at radius 2 is 1.85 bits per heavy atom. The van der Waals surface area contributed by atoms with Crippen LogP contribution in [-0.4, -0.2) is 34.8 Å². The molecule has 0 spiro atoms. The van der Waals surface area contributed by atoms with Gasteiger partial charge in [-0.1, -0.05) is 6.42 Å². The predicted octanol–water partition coefficient (Wildman–Crippen LogP) is 3.14. The largest absolute Gasteiger partial charge is 0.300 e. The molecule has 2 saturated heterocycles. The molecule has 2 bridgehead atoms. The molecule has 108 valence electrons. The van der Waals surface area contributed by atoms with Crippen LogP contribution < -0.4 is 0 Å². The van der Waals surface area contributed by atoms with E-state index in [1.165, 1.54) is 19.3 Å². The van der Waals surface area contributed by atoms with Crippen LogP contribution in [0.4, 0.5) is 0 Å². The zero-order valence-corrected chi connectivity index (χ0v) is 12.7. The molecule has 3 nitrogen and oxygen atoms in total. The van der Waals surface area contributed by atoms with Crippen molar-refractivity contribution >= 4 is 5.78 Å². The molecule has 3 rings (SSSR count). The van der Waals surface area contributed by atoms with E-state index in [4.69, 9.17) is 0 Å². The van der Waals surface area contributed by atoms with Crippen LogP contribution in [0.5, 0.6) is 0 Å². The number of carbonyl (C=O) groups excluding carboxylic acids is 1. The summed E-state index contributed by atoms with van der Waals surface area (Å²) in [6.45, 7) is 3.93. The van der Waals surface area contributed by atoms with E-state index in [1.54, 1.807) is 0 Å². The molecule has 0 saturated carbocycles. The second-order valence-electron chi connectivity index (χ2n) is 6.52. The summed E-state index contributed by atoms with van der Waals surface area (Å²) in [5.74, 6) is 0.518. The van der Waals surface area contributed by atoms with Gasteiger partial charge in [-0.2, -0.15) is 0 Å². The normalized spacial score (nSPS) is 30.2. The van der Waals surface area contributed by atoms with Gasteiger partial charge in [-0.15, -0.1) is 0 Å². The number of hydrogen-bond acceptors (Lipinski definition) is 3. The quantitative estimate of drug-likeness (QED) is 0.775. The number of pyridine rings is 1. The van der Waals surface area contributed by atoms with Gasteiger partial charge in [0.2, 0.25) is 0 Å². The number of carbonyl (C=O) groups is 1. The van der Waals surface area contributed by atoms with Crippen LogP contribution in [0.3, 0.4) is 0 Å². The summed E-state index contributed by atoms with van der Waals surface area (Å²) in [6.07, 6.45) is 5.88. The van der Waals surface area contributed by atoms with Gasteiger partial charge < -0.3 is 4.90 Å². The lowest BCUT2D eigenvalue weighted by molar-refractivity contribution is 0.0338. The molecule has 0 amide bonds. The zero-order valence-electron chi connectivity index (χ0n) is 12.7. The van der Waals surface area contributed by atoms with Crippen molar-refractivity contribution in [2.75, 3.05) is 7.05 Å². The number of aryl methyl sites for hydroxylation is 2. The molecule has 20 heavy (non-hydrogen) atoms. The highest BCUT2D eigenvalue weighted by molar-refractivity contribution is 5.98. The monoisotopic (exact) mass is 272 g/mol. The molecule has 2 atom stereocenters. The minimum absolute atomic E-state index is 0.199. The van der Waals surface area contributed by atoms with Crippen LogP contribution in [-0.2, 0) is 0 Å². The number of ketones is 1. The Morgan fingerprint density at radius 1 is 1.20 bits per heavy atom. The molecule has 1 aromatic rings. The number of hydrogen-bond donors (Lipinski definition) is 0. The first-order chi connectivity index (χ1) is 9.56. The van der Waals surface area contributed by atoms with Gasteiger partial charge in [0.15, 0.2) is 5.78 Å². The molecule has 2 aliphatic rings. The summed E-state index contributed by atoms with van der Waals surface area (Å²) >= 11 is 0. The number of rotatable bonds is 2. The van der Waals surface area contributed by atoms with Crippen molar-refractivity contribution in [3.8, 4) is 0 Å². The van der Waals surface area contributed by atoms with E-state index in [0.29, 0.717) is 17.9 Å². The Kier molecular flexibility index (Phi) is 3.63. The van der Waals surface area contributed by atoms with Crippen molar-refractivity contribution < 1.29 is 4.79 Å². The summed E-state index contributed by atoms with van der Waals surface area (Å²) in [7, 11) is 2.23. The third kappa shape index (κ3) is 2.39. The number of aromatic nitrogens is 1. The van der Waals surface area contributed by atoms with Crippen LogP contribution in [0.15, 0.2) is 12.1 Å². The fourth-order valence-electron chi connectivity index (χ4n) is 4.00. The standard InChI is InChI=1S/C17H24N2O/c1-11-7-8-16(12(2)18-11)17(20)13-9-14-5-4-6-15(10-13)19(14)3/h7-8,13-15H,4-6,9-10H2,1-3H3. The average Bonchev–Trinajstić information content (AvgIpc) is 2.37. The van der Waals surface area contributed by atoms with Crippen molar-refractivity contribution in [3.05, 3.63) is 29.1 Å². The van der Waals surface area contributed by atoms with Gasteiger partial charge >= 0.3 is 0 Å². The minimum Gasteiger partial charge on any atom is -0.300 e. The maximum absolute atomic E-state index is 12.8. The van der Waals surface area contributed by atoms with Gasteiger partial charge in [-0.05, 0) is 58.7 Å². The van der Waals surface area contributed by atoms with Crippen LogP contribution in [0.2, 0.25) is 0 Å². The number of Topliss-reactive ketones (excluding diaryl/α,β-unsaturated/α-hetero) is 1. The lowest BCUT2D eigenvalue weighted by Crippen LogP contribution is -2.51. The summed E-state index contributed by atoms with van der Waals surface area (Å²) in [4.78, 5) is 19.8. The molecule has 2 fully saturated rings. The molecule has 3 heterocycles. The van der Waals surface area contributed by atoms with Gasteiger partial charge in [0.1, 0.15) is 0 Å². The summed E-state index contributed by atoms with van der Waals surface area (Å²) in [5, 5.41) is 0. The second kappa shape index (κ2) is 5.28. The molecule has 0 radical (unpaired) electrons. The number of piperidine rings is 2. The SMILES string of the molecule is Cc1ccc(C(=O)C2CC3CCCC(C2)N3C)c(C)n1. The van der Waals surface area contributed by atoms with E-state index >= 15 is 0 Å². The van der Waals surface area contributed by atoms with E-state index in [0.717, 1.165) is 29.8 Å². The highest BCUT2D eigenvalue weighted by atomic mass is 16.1. The van der Waals surface area contributed by atoms with Crippen molar-refractivity contribution in [2.24, 2.45) is 5.92 Å². The maximum atomic E-state index is 12.8. The molecule has 3 heteroatoms. The number of nitrogens with zero attached hydrogens (tertiary/aromatic N) is 2. The molecule has 0 aliphatic carbocycles. The van der Waals surface area contributed by atoms with E-state index < -0.39 is 0 Å². The lowest BCUT2D eigenvalue weighted by atomic mass is 9.76. The van der Waals surface area contributed by atoms with Gasteiger partial charge in [0.05, 0.1) is 0 Å². The van der Waals surface area contributed by atoms with Crippen molar-refractivity contribution in [1.29, 1.82) is 0 Å². The third-order valence-electron chi connectivity index (χ3n) is 5.20. The Bertz CT molecular complexity index is 512. The van der Waals surface area contributed by atoms with E-state index in [9.17, 15) is 4.79 Å². The zero-order chi connectivity index (χ0) is 14.3. The molecular formula is C17H24N2O. The van der Waals surface area contributed by atoms with Gasteiger partial charge in [0.25, 0.3) is 0 Å². The van der Waals surface area contributed by atoms with E-state index in [-0.39, 0.29) is 5.92 Å². The maximum Gasteiger partial charge on any atom is 0.167 e.